The number of halogens is 1. The molecule has 2 N–H and O–H groups in total. The van der Waals surface area contributed by atoms with E-state index in [4.69, 9.17) is 0 Å². The molecule has 2 amide bonds. The molecule has 5 nitrogen and oxygen atoms in total. The van der Waals surface area contributed by atoms with Crippen molar-refractivity contribution in [2.75, 3.05) is 0 Å². The number of amides is 2. The fourth-order valence-corrected chi connectivity index (χ4v) is 2.82. The van der Waals surface area contributed by atoms with Gasteiger partial charge in [-0.3, -0.25) is 20.4 Å². The molecular weight excluding hydrogens is 333 g/mol. The molecule has 0 aliphatic heterocycles. The quantitative estimate of drug-likeness (QED) is 0.711. The highest BCUT2D eigenvalue weighted by Crippen LogP contribution is 2.20. The second-order valence-electron chi connectivity index (χ2n) is 5.87. The second-order valence-corrected chi connectivity index (χ2v) is 5.87. The number of aromatic nitrogens is 1. The summed E-state index contributed by atoms with van der Waals surface area (Å²) in [4.78, 5) is 24.5. The summed E-state index contributed by atoms with van der Waals surface area (Å²) in [5.41, 5.74) is 8.08. The molecule has 0 fully saturated rings. The predicted molar refractivity (Wildman–Crippen MR) is 96.6 cm³/mol. The zero-order valence-electron chi connectivity index (χ0n) is 14.4. The molecule has 1 aromatic heterocycles. The van der Waals surface area contributed by atoms with Crippen molar-refractivity contribution in [1.82, 2.24) is 15.4 Å². The van der Waals surface area contributed by atoms with Gasteiger partial charge in [0.1, 0.15) is 5.82 Å². The molecule has 0 saturated heterocycles. The molecule has 132 valence electrons. The average molecular weight is 351 g/mol. The van der Waals surface area contributed by atoms with Gasteiger partial charge < -0.3 is 4.57 Å². The van der Waals surface area contributed by atoms with Gasteiger partial charge in [0.25, 0.3) is 11.8 Å². The van der Waals surface area contributed by atoms with E-state index in [2.05, 4.69) is 10.9 Å². The van der Waals surface area contributed by atoms with Gasteiger partial charge in [0, 0.05) is 22.6 Å². The average Bonchev–Trinajstić information content (AvgIpc) is 2.95. The Morgan fingerprint density at radius 1 is 0.885 bits per heavy atom. The molecule has 3 rings (SSSR count). The topological polar surface area (TPSA) is 63.1 Å². The lowest BCUT2D eigenvalue weighted by molar-refractivity contribution is 0.0846. The maximum atomic E-state index is 12.9. The number of hydrogen-bond donors (Lipinski definition) is 2. The number of hydrazine groups is 1. The Hall–Kier alpha value is -3.41. The van der Waals surface area contributed by atoms with Crippen LogP contribution in [0.4, 0.5) is 4.39 Å². The first kappa shape index (κ1) is 17.4. The lowest BCUT2D eigenvalue weighted by atomic mass is 10.2. The van der Waals surface area contributed by atoms with Gasteiger partial charge in [-0.05, 0) is 56.3 Å². The third-order valence-corrected chi connectivity index (χ3v) is 4.09. The fourth-order valence-electron chi connectivity index (χ4n) is 2.82. The smallest absolute Gasteiger partial charge is 0.271 e. The van der Waals surface area contributed by atoms with E-state index >= 15 is 0 Å². The molecule has 0 aliphatic carbocycles. The largest absolute Gasteiger partial charge is 0.318 e. The molecule has 0 bridgehead atoms. The van der Waals surface area contributed by atoms with E-state index in [0.29, 0.717) is 5.56 Å². The van der Waals surface area contributed by atoms with Gasteiger partial charge in [0.05, 0.1) is 5.56 Å². The Bertz CT molecular complexity index is 947. The van der Waals surface area contributed by atoms with Crippen molar-refractivity contribution in [3.63, 3.8) is 0 Å². The number of para-hydroxylation sites is 1. The lowest BCUT2D eigenvalue weighted by Crippen LogP contribution is -2.41. The van der Waals surface area contributed by atoms with Gasteiger partial charge >= 0.3 is 0 Å². The highest BCUT2D eigenvalue weighted by molar-refractivity contribution is 5.99. The van der Waals surface area contributed by atoms with Crippen molar-refractivity contribution in [3.05, 3.63) is 89.0 Å². The third-order valence-electron chi connectivity index (χ3n) is 4.09. The minimum absolute atomic E-state index is 0.251. The van der Waals surface area contributed by atoms with Crippen molar-refractivity contribution < 1.29 is 14.0 Å². The van der Waals surface area contributed by atoms with Crippen LogP contribution in [0.5, 0.6) is 0 Å². The number of aryl methyl sites for hydroxylation is 1. The molecule has 0 atom stereocenters. The van der Waals surface area contributed by atoms with Crippen LogP contribution in [0.1, 0.15) is 32.1 Å². The van der Waals surface area contributed by atoms with E-state index in [1.54, 1.807) is 6.07 Å². The van der Waals surface area contributed by atoms with Gasteiger partial charge in [-0.15, -0.1) is 0 Å². The summed E-state index contributed by atoms with van der Waals surface area (Å²) in [7, 11) is 0. The summed E-state index contributed by atoms with van der Waals surface area (Å²) in [6.45, 7) is 3.75. The number of nitrogens with zero attached hydrogens (tertiary/aromatic N) is 1. The van der Waals surface area contributed by atoms with Crippen LogP contribution < -0.4 is 10.9 Å². The monoisotopic (exact) mass is 351 g/mol. The Morgan fingerprint density at radius 3 is 2.15 bits per heavy atom. The summed E-state index contributed by atoms with van der Waals surface area (Å²) >= 11 is 0. The molecule has 0 radical (unpaired) electrons. The van der Waals surface area contributed by atoms with Gasteiger partial charge in [0.15, 0.2) is 0 Å². The number of hydrogen-bond acceptors (Lipinski definition) is 2. The summed E-state index contributed by atoms with van der Waals surface area (Å²) in [5.74, 6) is -1.37. The van der Waals surface area contributed by atoms with Crippen LogP contribution >= 0.6 is 0 Å². The maximum absolute atomic E-state index is 12.9. The van der Waals surface area contributed by atoms with Gasteiger partial charge in [-0.25, -0.2) is 4.39 Å². The summed E-state index contributed by atoms with van der Waals surface area (Å²) < 4.78 is 14.9. The van der Waals surface area contributed by atoms with E-state index < -0.39 is 17.6 Å². The molecule has 0 spiro atoms. The molecule has 2 aromatic carbocycles. The Kier molecular flexibility index (Phi) is 4.84. The molecule has 0 saturated carbocycles. The Labute approximate surface area is 150 Å². The number of nitrogens with one attached hydrogen (secondary N) is 2. The SMILES string of the molecule is Cc1cc(C(=O)NNC(=O)c2ccc(F)cc2)c(C)n1-c1ccccc1. The van der Waals surface area contributed by atoms with Gasteiger partial charge in [-0.1, -0.05) is 18.2 Å². The van der Waals surface area contributed by atoms with E-state index in [0.717, 1.165) is 17.1 Å². The molecule has 0 unspecified atom stereocenters. The minimum Gasteiger partial charge on any atom is -0.318 e. The molecule has 1 heterocycles. The number of carbonyl (C=O) groups is 2. The first-order chi connectivity index (χ1) is 12.5. The summed E-state index contributed by atoms with van der Waals surface area (Å²) in [6.07, 6.45) is 0. The van der Waals surface area contributed by atoms with E-state index in [1.807, 2.05) is 48.7 Å². The predicted octanol–water partition coefficient (Wildman–Crippen LogP) is 3.31. The van der Waals surface area contributed by atoms with E-state index in [9.17, 15) is 14.0 Å². The standard InChI is InChI=1S/C20H18FN3O2/c1-13-12-18(14(2)24(13)17-6-4-3-5-7-17)20(26)23-22-19(25)15-8-10-16(21)11-9-15/h3-12H,1-2H3,(H,22,25)(H,23,26). The summed E-state index contributed by atoms with van der Waals surface area (Å²) in [6, 6.07) is 16.5. The fraction of sp³-hybridized carbons (Fsp3) is 0.100. The van der Waals surface area contributed by atoms with Crippen molar-refractivity contribution >= 4 is 11.8 Å². The number of carbonyl (C=O) groups excluding carboxylic acids is 2. The van der Waals surface area contributed by atoms with Gasteiger partial charge in [0.2, 0.25) is 0 Å². The zero-order chi connectivity index (χ0) is 18.7. The van der Waals surface area contributed by atoms with Crippen molar-refractivity contribution in [1.29, 1.82) is 0 Å². The number of rotatable bonds is 3. The highest BCUT2D eigenvalue weighted by atomic mass is 19.1. The van der Waals surface area contributed by atoms with Crippen LogP contribution in [-0.4, -0.2) is 16.4 Å². The zero-order valence-corrected chi connectivity index (χ0v) is 14.4. The highest BCUT2D eigenvalue weighted by Gasteiger charge is 2.17. The first-order valence-corrected chi connectivity index (χ1v) is 8.08. The van der Waals surface area contributed by atoms with Crippen molar-refractivity contribution in [2.24, 2.45) is 0 Å². The summed E-state index contributed by atoms with van der Waals surface area (Å²) in [5, 5.41) is 0. The van der Waals surface area contributed by atoms with Crippen molar-refractivity contribution in [2.45, 2.75) is 13.8 Å². The van der Waals surface area contributed by atoms with Crippen LogP contribution in [0.15, 0.2) is 60.7 Å². The van der Waals surface area contributed by atoms with Crippen molar-refractivity contribution in [3.8, 4) is 5.69 Å². The van der Waals surface area contributed by atoms with Crippen LogP contribution in [0.25, 0.3) is 5.69 Å². The molecule has 3 aromatic rings. The van der Waals surface area contributed by atoms with Crippen LogP contribution in [0, 0.1) is 19.7 Å². The minimum atomic E-state index is -0.518. The molecular formula is C20H18FN3O2. The molecule has 0 aliphatic rings. The van der Waals surface area contributed by atoms with Crippen LogP contribution in [-0.2, 0) is 0 Å². The maximum Gasteiger partial charge on any atom is 0.271 e. The Balaban J connectivity index is 1.74. The van der Waals surface area contributed by atoms with E-state index in [1.165, 1.54) is 24.3 Å². The lowest BCUT2D eigenvalue weighted by Gasteiger charge is -2.10. The van der Waals surface area contributed by atoms with Gasteiger partial charge in [-0.2, -0.15) is 0 Å². The third kappa shape index (κ3) is 3.49. The Morgan fingerprint density at radius 2 is 1.50 bits per heavy atom. The molecule has 6 heteroatoms. The second kappa shape index (κ2) is 7.23. The first-order valence-electron chi connectivity index (χ1n) is 8.08. The normalized spacial score (nSPS) is 10.4. The molecule has 26 heavy (non-hydrogen) atoms. The van der Waals surface area contributed by atoms with Crippen LogP contribution in [0.2, 0.25) is 0 Å². The number of benzene rings is 2. The van der Waals surface area contributed by atoms with E-state index in [-0.39, 0.29) is 5.56 Å². The van der Waals surface area contributed by atoms with Crippen LogP contribution in [0.3, 0.4) is 0 Å².